The SMILES string of the molecule is COc1ccc(C=C2C(=O)N(c3ccc(Br)cc3)N=C2c2ccccc2)c(OC)c1. The molecular weight excluding hydrogens is 444 g/mol. The molecule has 1 aliphatic heterocycles. The van der Waals surface area contributed by atoms with Crippen LogP contribution in [-0.4, -0.2) is 25.8 Å². The van der Waals surface area contributed by atoms with E-state index >= 15 is 0 Å². The van der Waals surface area contributed by atoms with Crippen molar-refractivity contribution < 1.29 is 14.3 Å². The van der Waals surface area contributed by atoms with E-state index < -0.39 is 0 Å². The zero-order valence-corrected chi connectivity index (χ0v) is 18.1. The maximum Gasteiger partial charge on any atom is 0.281 e. The number of ether oxygens (including phenoxy) is 2. The molecule has 0 N–H and O–H groups in total. The second-order valence-corrected chi connectivity index (χ2v) is 7.49. The third-order valence-electron chi connectivity index (χ3n) is 4.74. The van der Waals surface area contributed by atoms with Crippen LogP contribution in [0.5, 0.6) is 11.5 Å². The Morgan fingerprint density at radius 3 is 2.33 bits per heavy atom. The van der Waals surface area contributed by atoms with Crippen molar-refractivity contribution in [2.45, 2.75) is 0 Å². The van der Waals surface area contributed by atoms with E-state index in [4.69, 9.17) is 9.47 Å². The average molecular weight is 463 g/mol. The second kappa shape index (κ2) is 8.55. The number of rotatable bonds is 5. The summed E-state index contributed by atoms with van der Waals surface area (Å²) in [5.74, 6) is 1.10. The van der Waals surface area contributed by atoms with Gasteiger partial charge in [-0.1, -0.05) is 46.3 Å². The van der Waals surface area contributed by atoms with Crippen molar-refractivity contribution in [2.75, 3.05) is 19.2 Å². The first-order valence-electron chi connectivity index (χ1n) is 9.29. The summed E-state index contributed by atoms with van der Waals surface area (Å²) >= 11 is 3.43. The minimum Gasteiger partial charge on any atom is -0.497 e. The molecule has 0 saturated carbocycles. The summed E-state index contributed by atoms with van der Waals surface area (Å²) in [5.41, 5.74) is 3.43. The molecule has 1 aliphatic rings. The molecule has 0 saturated heterocycles. The highest BCUT2D eigenvalue weighted by Crippen LogP contribution is 2.32. The summed E-state index contributed by atoms with van der Waals surface area (Å²) in [5, 5.41) is 6.08. The first kappa shape index (κ1) is 19.9. The van der Waals surface area contributed by atoms with Crippen LogP contribution in [0.2, 0.25) is 0 Å². The van der Waals surface area contributed by atoms with Gasteiger partial charge < -0.3 is 9.47 Å². The lowest BCUT2D eigenvalue weighted by atomic mass is 10.00. The number of carbonyl (C=O) groups is 1. The Hall–Kier alpha value is -3.38. The Morgan fingerprint density at radius 2 is 1.67 bits per heavy atom. The van der Waals surface area contributed by atoms with Gasteiger partial charge in [-0.15, -0.1) is 0 Å². The Bertz CT molecular complexity index is 1140. The number of anilines is 1. The molecule has 0 aromatic heterocycles. The summed E-state index contributed by atoms with van der Waals surface area (Å²) in [7, 11) is 3.19. The lowest BCUT2D eigenvalue weighted by Gasteiger charge is -2.12. The minimum atomic E-state index is -0.200. The molecule has 5 nitrogen and oxygen atoms in total. The lowest BCUT2D eigenvalue weighted by molar-refractivity contribution is -0.114. The Kier molecular flexibility index (Phi) is 5.68. The van der Waals surface area contributed by atoms with Crippen LogP contribution in [0.4, 0.5) is 5.69 Å². The number of nitrogens with zero attached hydrogens (tertiary/aromatic N) is 2. The molecular formula is C24H19BrN2O3. The third-order valence-corrected chi connectivity index (χ3v) is 5.27. The number of amides is 1. The van der Waals surface area contributed by atoms with Crippen LogP contribution in [-0.2, 0) is 4.79 Å². The summed E-state index contributed by atoms with van der Waals surface area (Å²) in [6.45, 7) is 0. The topological polar surface area (TPSA) is 51.1 Å². The van der Waals surface area contributed by atoms with E-state index in [1.165, 1.54) is 5.01 Å². The lowest BCUT2D eigenvalue weighted by Crippen LogP contribution is -2.21. The largest absolute Gasteiger partial charge is 0.497 e. The highest BCUT2D eigenvalue weighted by molar-refractivity contribution is 9.10. The fourth-order valence-electron chi connectivity index (χ4n) is 3.20. The van der Waals surface area contributed by atoms with Crippen LogP contribution in [0.25, 0.3) is 6.08 Å². The third kappa shape index (κ3) is 3.86. The highest BCUT2D eigenvalue weighted by Gasteiger charge is 2.32. The molecule has 0 bridgehead atoms. The number of hydrogen-bond donors (Lipinski definition) is 0. The monoisotopic (exact) mass is 462 g/mol. The maximum atomic E-state index is 13.4. The first-order chi connectivity index (χ1) is 14.6. The van der Waals surface area contributed by atoms with Crippen LogP contribution in [0.15, 0.2) is 87.9 Å². The van der Waals surface area contributed by atoms with Gasteiger partial charge >= 0.3 is 0 Å². The van der Waals surface area contributed by atoms with E-state index in [9.17, 15) is 4.79 Å². The molecule has 3 aromatic rings. The van der Waals surface area contributed by atoms with E-state index in [0.717, 1.165) is 15.6 Å². The summed E-state index contributed by atoms with van der Waals surface area (Å²) < 4.78 is 11.7. The van der Waals surface area contributed by atoms with E-state index in [0.29, 0.717) is 28.5 Å². The molecule has 1 amide bonds. The van der Waals surface area contributed by atoms with Crippen molar-refractivity contribution in [3.05, 3.63) is 94.0 Å². The normalized spacial score (nSPS) is 14.8. The molecule has 30 heavy (non-hydrogen) atoms. The van der Waals surface area contributed by atoms with Crippen LogP contribution in [0.3, 0.4) is 0 Å². The molecule has 3 aromatic carbocycles. The fourth-order valence-corrected chi connectivity index (χ4v) is 3.47. The fraction of sp³-hybridized carbons (Fsp3) is 0.0833. The van der Waals surface area contributed by atoms with Gasteiger partial charge in [0.05, 0.1) is 25.5 Å². The average Bonchev–Trinajstić information content (AvgIpc) is 3.11. The molecule has 0 atom stereocenters. The number of halogens is 1. The van der Waals surface area contributed by atoms with Crippen molar-refractivity contribution >= 4 is 39.3 Å². The first-order valence-corrected chi connectivity index (χ1v) is 10.1. The molecule has 150 valence electrons. The number of methoxy groups -OCH3 is 2. The molecule has 0 spiro atoms. The Labute approximate surface area is 183 Å². The van der Waals surface area contributed by atoms with Gasteiger partial charge in [-0.05, 0) is 42.5 Å². The Morgan fingerprint density at radius 1 is 0.933 bits per heavy atom. The Balaban J connectivity index is 1.83. The predicted octanol–water partition coefficient (Wildman–Crippen LogP) is 5.30. The van der Waals surface area contributed by atoms with E-state index in [1.54, 1.807) is 20.3 Å². The van der Waals surface area contributed by atoms with Crippen molar-refractivity contribution in [2.24, 2.45) is 5.10 Å². The molecule has 4 rings (SSSR count). The van der Waals surface area contributed by atoms with Gasteiger partial charge in [-0.3, -0.25) is 4.79 Å². The standard InChI is InChI=1S/C24H19BrN2O3/c1-29-20-13-8-17(22(15-20)30-2)14-21-23(16-6-4-3-5-7-16)26-27(24(21)28)19-11-9-18(25)10-12-19/h3-15H,1-2H3. The molecule has 0 unspecified atom stereocenters. The van der Waals surface area contributed by atoms with Crippen LogP contribution < -0.4 is 14.5 Å². The van der Waals surface area contributed by atoms with E-state index in [1.807, 2.05) is 72.8 Å². The molecule has 0 aliphatic carbocycles. The highest BCUT2D eigenvalue weighted by atomic mass is 79.9. The zero-order valence-electron chi connectivity index (χ0n) is 16.5. The minimum absolute atomic E-state index is 0.200. The summed E-state index contributed by atoms with van der Waals surface area (Å²) in [4.78, 5) is 13.4. The van der Waals surface area contributed by atoms with Crippen molar-refractivity contribution in [1.82, 2.24) is 0 Å². The van der Waals surface area contributed by atoms with E-state index in [-0.39, 0.29) is 5.91 Å². The van der Waals surface area contributed by atoms with E-state index in [2.05, 4.69) is 21.0 Å². The maximum absolute atomic E-state index is 13.4. The molecule has 6 heteroatoms. The van der Waals surface area contributed by atoms with Gasteiger partial charge in [-0.2, -0.15) is 10.1 Å². The van der Waals surface area contributed by atoms with Crippen LogP contribution in [0.1, 0.15) is 11.1 Å². The van der Waals surface area contributed by atoms with Crippen molar-refractivity contribution in [3.63, 3.8) is 0 Å². The number of hydrazone groups is 1. The van der Waals surface area contributed by atoms with Crippen LogP contribution in [0, 0.1) is 0 Å². The number of carbonyl (C=O) groups excluding carboxylic acids is 1. The smallest absolute Gasteiger partial charge is 0.281 e. The number of benzene rings is 3. The van der Waals surface area contributed by atoms with Gasteiger partial charge in [0, 0.05) is 21.7 Å². The number of hydrogen-bond acceptors (Lipinski definition) is 4. The summed E-state index contributed by atoms with van der Waals surface area (Å²) in [6, 6.07) is 22.6. The second-order valence-electron chi connectivity index (χ2n) is 6.57. The predicted molar refractivity (Wildman–Crippen MR) is 122 cm³/mol. The van der Waals surface area contributed by atoms with Gasteiger partial charge in [0.2, 0.25) is 0 Å². The summed E-state index contributed by atoms with van der Waals surface area (Å²) in [6.07, 6.45) is 1.81. The van der Waals surface area contributed by atoms with Gasteiger partial charge in [-0.25, -0.2) is 0 Å². The molecule has 0 fully saturated rings. The molecule has 1 heterocycles. The van der Waals surface area contributed by atoms with Gasteiger partial charge in [0.25, 0.3) is 5.91 Å². The van der Waals surface area contributed by atoms with Crippen molar-refractivity contribution in [1.29, 1.82) is 0 Å². The van der Waals surface area contributed by atoms with Gasteiger partial charge in [0.15, 0.2) is 0 Å². The zero-order chi connectivity index (χ0) is 21.1. The van der Waals surface area contributed by atoms with Gasteiger partial charge in [0.1, 0.15) is 17.2 Å². The quantitative estimate of drug-likeness (QED) is 0.483. The molecule has 0 radical (unpaired) electrons. The van der Waals surface area contributed by atoms with Crippen LogP contribution >= 0.6 is 15.9 Å². The van der Waals surface area contributed by atoms with Crippen molar-refractivity contribution in [3.8, 4) is 11.5 Å².